The van der Waals surface area contributed by atoms with Gasteiger partial charge in [-0.3, -0.25) is 0 Å². The van der Waals surface area contributed by atoms with Crippen LogP contribution in [0.15, 0.2) is 24.3 Å². The number of esters is 1. The second kappa shape index (κ2) is 11.9. The van der Waals surface area contributed by atoms with Crippen LogP contribution in [0.1, 0.15) is 74.2 Å². The highest BCUT2D eigenvalue weighted by Crippen LogP contribution is 2.40. The Kier molecular flexibility index (Phi) is 9.25. The maximum Gasteiger partial charge on any atom is 0.338 e. The average Bonchev–Trinajstić information content (AvgIpc) is 2.76. The highest BCUT2D eigenvalue weighted by atomic mass is 28.3. The Morgan fingerprint density at radius 2 is 1.66 bits per heavy atom. The normalized spacial score (nSPS) is 27.5. The van der Waals surface area contributed by atoms with Crippen LogP contribution in [0.5, 0.6) is 0 Å². The minimum Gasteiger partial charge on any atom is -0.459 e. The highest BCUT2D eigenvalue weighted by molar-refractivity contribution is 6.58. The van der Waals surface area contributed by atoms with Gasteiger partial charge in [-0.1, -0.05) is 56.5 Å². The maximum absolute atomic E-state index is 12.5. The van der Waals surface area contributed by atoms with Crippen LogP contribution < -0.4 is 0 Å². The molecule has 2 fully saturated rings. The van der Waals surface area contributed by atoms with E-state index in [1.165, 1.54) is 37.7 Å². The Hall–Kier alpha value is -1.13. The van der Waals surface area contributed by atoms with Crippen molar-refractivity contribution < 1.29 is 14.3 Å². The van der Waals surface area contributed by atoms with Crippen molar-refractivity contribution in [2.75, 3.05) is 13.7 Å². The second-order valence-corrected chi connectivity index (χ2v) is 12.8. The number of hydrogen-bond donors (Lipinski definition) is 0. The first-order chi connectivity index (χ1) is 14.2. The van der Waals surface area contributed by atoms with Gasteiger partial charge in [0.15, 0.2) is 0 Å². The molecule has 0 N–H and O–H groups in total. The van der Waals surface area contributed by atoms with Gasteiger partial charge in [-0.25, -0.2) is 4.79 Å². The largest absolute Gasteiger partial charge is 0.459 e. The fraction of sp³-hybridized carbons (Fsp3) is 0.720. The molecule has 1 saturated heterocycles. The SMILES string of the molecule is CCC[SiH]1CCC(C2CCC(OC(=O)c3ccc(CCCOC)cc3)CC2)CC1. The van der Waals surface area contributed by atoms with E-state index >= 15 is 0 Å². The van der Waals surface area contributed by atoms with E-state index in [-0.39, 0.29) is 20.9 Å². The molecular formula is C25H40O3Si. The Morgan fingerprint density at radius 1 is 1.00 bits per heavy atom. The van der Waals surface area contributed by atoms with E-state index < -0.39 is 0 Å². The van der Waals surface area contributed by atoms with Gasteiger partial charge < -0.3 is 9.47 Å². The zero-order valence-corrected chi connectivity index (χ0v) is 19.7. The van der Waals surface area contributed by atoms with E-state index in [1.807, 2.05) is 24.3 Å². The van der Waals surface area contributed by atoms with Gasteiger partial charge in [-0.05, 0) is 68.1 Å². The molecule has 29 heavy (non-hydrogen) atoms. The Labute approximate surface area is 179 Å². The Morgan fingerprint density at radius 3 is 2.28 bits per heavy atom. The molecule has 1 aromatic carbocycles. The van der Waals surface area contributed by atoms with Gasteiger partial charge in [0.2, 0.25) is 0 Å². The quantitative estimate of drug-likeness (QED) is 0.280. The third kappa shape index (κ3) is 6.96. The summed E-state index contributed by atoms with van der Waals surface area (Å²) in [5.74, 6) is 1.69. The Bertz CT molecular complexity index is 599. The lowest BCUT2D eigenvalue weighted by molar-refractivity contribution is 0.0127. The highest BCUT2D eigenvalue weighted by Gasteiger charge is 2.32. The molecule has 162 valence electrons. The minimum atomic E-state index is -0.374. The lowest BCUT2D eigenvalue weighted by Crippen LogP contribution is -2.31. The molecule has 1 aliphatic heterocycles. The summed E-state index contributed by atoms with van der Waals surface area (Å²) in [7, 11) is 1.35. The summed E-state index contributed by atoms with van der Waals surface area (Å²) in [6, 6.07) is 12.6. The lowest BCUT2D eigenvalue weighted by Gasteiger charge is -2.37. The number of methoxy groups -OCH3 is 1. The third-order valence-corrected chi connectivity index (χ3v) is 10.9. The number of hydrogen-bond acceptors (Lipinski definition) is 3. The van der Waals surface area contributed by atoms with E-state index in [0.717, 1.165) is 44.1 Å². The number of ether oxygens (including phenoxy) is 2. The number of aryl methyl sites for hydroxylation is 1. The van der Waals surface area contributed by atoms with Crippen LogP contribution in [-0.2, 0) is 15.9 Å². The first-order valence-corrected chi connectivity index (χ1v) is 14.4. The van der Waals surface area contributed by atoms with E-state index in [1.54, 1.807) is 25.2 Å². The molecule has 0 amide bonds. The molecule has 0 unspecified atom stereocenters. The van der Waals surface area contributed by atoms with Crippen molar-refractivity contribution in [2.24, 2.45) is 11.8 Å². The molecule has 0 bridgehead atoms. The van der Waals surface area contributed by atoms with Gasteiger partial charge in [0.05, 0.1) is 5.56 Å². The summed E-state index contributed by atoms with van der Waals surface area (Å²) in [5, 5.41) is 0. The first kappa shape index (κ1) is 22.5. The van der Waals surface area contributed by atoms with Crippen LogP contribution in [0.3, 0.4) is 0 Å². The molecule has 2 aliphatic rings. The van der Waals surface area contributed by atoms with E-state index in [4.69, 9.17) is 9.47 Å². The summed E-state index contributed by atoms with van der Waals surface area (Å²) >= 11 is 0. The lowest BCUT2D eigenvalue weighted by atomic mass is 9.76. The Balaban J connectivity index is 1.38. The fourth-order valence-corrected chi connectivity index (χ4v) is 8.96. The summed E-state index contributed by atoms with van der Waals surface area (Å²) in [6.45, 7) is 3.12. The molecule has 3 rings (SSSR count). The van der Waals surface area contributed by atoms with Crippen molar-refractivity contribution in [3.63, 3.8) is 0 Å². The van der Waals surface area contributed by atoms with Crippen LogP contribution in [0, 0.1) is 11.8 Å². The van der Waals surface area contributed by atoms with Gasteiger partial charge in [0.1, 0.15) is 6.10 Å². The fourth-order valence-electron chi connectivity index (χ4n) is 5.48. The topological polar surface area (TPSA) is 35.5 Å². The van der Waals surface area contributed by atoms with Crippen LogP contribution in [0.4, 0.5) is 0 Å². The van der Waals surface area contributed by atoms with E-state index in [2.05, 4.69) is 6.92 Å². The maximum atomic E-state index is 12.5. The van der Waals surface area contributed by atoms with Gasteiger partial charge in [-0.15, -0.1) is 0 Å². The summed E-state index contributed by atoms with van der Waals surface area (Å²) in [5.41, 5.74) is 1.93. The number of carbonyl (C=O) groups excluding carboxylic acids is 1. The van der Waals surface area contributed by atoms with Crippen LogP contribution in [0.2, 0.25) is 18.1 Å². The molecule has 1 saturated carbocycles. The smallest absolute Gasteiger partial charge is 0.338 e. The van der Waals surface area contributed by atoms with Crippen molar-refractivity contribution in [1.82, 2.24) is 0 Å². The molecule has 1 aromatic rings. The van der Waals surface area contributed by atoms with Crippen LogP contribution in [0.25, 0.3) is 0 Å². The van der Waals surface area contributed by atoms with Gasteiger partial charge in [0.25, 0.3) is 0 Å². The molecule has 4 heteroatoms. The predicted octanol–water partition coefficient (Wildman–Crippen LogP) is 6.03. The summed E-state index contributed by atoms with van der Waals surface area (Å²) < 4.78 is 10.9. The third-order valence-electron chi connectivity index (χ3n) is 7.25. The monoisotopic (exact) mass is 416 g/mol. The number of rotatable bonds is 9. The first-order valence-electron chi connectivity index (χ1n) is 12.0. The number of carbonyl (C=O) groups is 1. The molecule has 0 atom stereocenters. The summed E-state index contributed by atoms with van der Waals surface area (Å²) in [4.78, 5) is 12.5. The van der Waals surface area contributed by atoms with E-state index in [9.17, 15) is 4.79 Å². The number of benzene rings is 1. The van der Waals surface area contributed by atoms with Gasteiger partial charge in [-0.2, -0.15) is 0 Å². The average molecular weight is 417 g/mol. The molecule has 3 nitrogen and oxygen atoms in total. The summed E-state index contributed by atoms with van der Waals surface area (Å²) in [6.07, 6.45) is 11.1. The van der Waals surface area contributed by atoms with Crippen molar-refractivity contribution in [3.05, 3.63) is 35.4 Å². The molecule has 1 aliphatic carbocycles. The standard InChI is InChI=1S/C25H40O3Si/c1-3-17-29-18-14-22(15-19-29)21-10-12-24(13-11-21)28-25(26)23-8-6-20(7-9-23)5-4-16-27-2/h6-9,21-22,24,29H,3-5,10-19H2,1-2H3. The molecule has 1 heterocycles. The molecule has 0 aromatic heterocycles. The zero-order chi connectivity index (χ0) is 20.5. The van der Waals surface area contributed by atoms with Crippen molar-refractivity contribution in [2.45, 2.75) is 88.9 Å². The van der Waals surface area contributed by atoms with E-state index in [0.29, 0.717) is 5.56 Å². The molecular weight excluding hydrogens is 376 g/mol. The van der Waals surface area contributed by atoms with Crippen molar-refractivity contribution in [1.29, 1.82) is 0 Å². The molecule has 0 spiro atoms. The molecule has 0 radical (unpaired) electrons. The van der Waals surface area contributed by atoms with Crippen LogP contribution >= 0.6 is 0 Å². The van der Waals surface area contributed by atoms with Gasteiger partial charge >= 0.3 is 5.97 Å². The van der Waals surface area contributed by atoms with Gasteiger partial charge in [0, 0.05) is 22.5 Å². The van der Waals surface area contributed by atoms with Crippen LogP contribution in [-0.4, -0.2) is 34.6 Å². The predicted molar refractivity (Wildman–Crippen MR) is 122 cm³/mol. The van der Waals surface area contributed by atoms with Crippen molar-refractivity contribution in [3.8, 4) is 0 Å². The zero-order valence-electron chi connectivity index (χ0n) is 18.5. The van der Waals surface area contributed by atoms with Crippen molar-refractivity contribution >= 4 is 14.8 Å². The minimum absolute atomic E-state index is 0.117. The second-order valence-electron chi connectivity index (χ2n) is 9.30.